The molecule has 0 N–H and O–H groups in total. The highest BCUT2D eigenvalue weighted by molar-refractivity contribution is 5.78. The Kier molecular flexibility index (Phi) is 2.41. The Balaban J connectivity index is 2.74. The maximum Gasteiger partial charge on any atom is 0.193 e. The number of hydrogen-bond donors (Lipinski definition) is 0. The van der Waals surface area contributed by atoms with Crippen molar-refractivity contribution < 1.29 is 13.5 Å². The van der Waals surface area contributed by atoms with Gasteiger partial charge in [0, 0.05) is 6.07 Å². The highest BCUT2D eigenvalue weighted by Gasteiger charge is 2.05. The highest BCUT2D eigenvalue weighted by Crippen LogP contribution is 2.19. The molecule has 2 aromatic rings. The minimum atomic E-state index is -0.781. The molecule has 15 heavy (non-hydrogen) atoms. The van der Waals surface area contributed by atoms with Crippen molar-refractivity contribution >= 4 is 11.0 Å². The van der Waals surface area contributed by atoms with Crippen LogP contribution in [0.1, 0.15) is 5.76 Å². The second-order valence-electron chi connectivity index (χ2n) is 3.07. The van der Waals surface area contributed by atoms with Gasteiger partial charge < -0.3 is 9.15 Å². The third kappa shape index (κ3) is 1.70. The summed E-state index contributed by atoms with van der Waals surface area (Å²) in [5.74, 6) is 0.612. The summed E-state index contributed by atoms with van der Waals surface area (Å²) in [7, 11) is 1.51. The van der Waals surface area contributed by atoms with Gasteiger partial charge in [-0.05, 0) is 18.2 Å². The lowest BCUT2D eigenvalue weighted by molar-refractivity contribution is 0.399. The summed E-state index contributed by atoms with van der Waals surface area (Å²) in [6.45, 7) is -0.781. The maximum absolute atomic E-state index is 12.3. The molecule has 0 saturated carbocycles. The molecule has 0 fully saturated rings. The molecule has 4 heteroatoms. The summed E-state index contributed by atoms with van der Waals surface area (Å²) in [5.41, 5.74) is 0.110. The molecule has 1 aromatic heterocycles. The Labute approximate surface area is 85.1 Å². The van der Waals surface area contributed by atoms with E-state index in [0.29, 0.717) is 16.7 Å². The van der Waals surface area contributed by atoms with Crippen LogP contribution in [0.15, 0.2) is 33.5 Å². The highest BCUT2D eigenvalue weighted by atomic mass is 19.1. The number of rotatable bonds is 2. The number of benzene rings is 1. The number of fused-ring (bicyclic) bond motifs is 1. The maximum atomic E-state index is 12.3. The van der Waals surface area contributed by atoms with Crippen molar-refractivity contribution in [1.29, 1.82) is 0 Å². The van der Waals surface area contributed by atoms with Gasteiger partial charge in [0.05, 0.1) is 12.5 Å². The van der Waals surface area contributed by atoms with Gasteiger partial charge in [-0.15, -0.1) is 0 Å². The molecule has 2 rings (SSSR count). The first-order valence-corrected chi connectivity index (χ1v) is 4.41. The van der Waals surface area contributed by atoms with Gasteiger partial charge in [-0.3, -0.25) is 4.79 Å². The Hall–Kier alpha value is -1.84. The number of ether oxygens (including phenoxy) is 1. The van der Waals surface area contributed by atoms with Gasteiger partial charge in [-0.2, -0.15) is 0 Å². The van der Waals surface area contributed by atoms with Crippen LogP contribution in [0, 0.1) is 0 Å². The predicted molar refractivity (Wildman–Crippen MR) is 53.8 cm³/mol. The Morgan fingerprint density at radius 2 is 2.20 bits per heavy atom. The Bertz CT molecular complexity index is 545. The summed E-state index contributed by atoms with van der Waals surface area (Å²) in [5, 5.41) is 0.395. The average molecular weight is 208 g/mol. The molecule has 0 unspecified atom stereocenters. The lowest BCUT2D eigenvalue weighted by atomic mass is 10.2. The first kappa shape index (κ1) is 9.71. The molecule has 78 valence electrons. The molecule has 0 spiro atoms. The number of alkyl halides is 1. The van der Waals surface area contributed by atoms with Gasteiger partial charge in [-0.25, -0.2) is 4.39 Å². The SMILES string of the molecule is COc1ccc2oc(CF)cc(=O)c2c1. The molecule has 0 saturated heterocycles. The van der Waals surface area contributed by atoms with Crippen molar-refractivity contribution in [2.75, 3.05) is 7.11 Å². The summed E-state index contributed by atoms with van der Waals surface area (Å²) >= 11 is 0. The van der Waals surface area contributed by atoms with Crippen molar-refractivity contribution in [2.45, 2.75) is 6.67 Å². The zero-order chi connectivity index (χ0) is 10.8. The normalized spacial score (nSPS) is 10.5. The monoisotopic (exact) mass is 208 g/mol. The lowest BCUT2D eigenvalue weighted by Crippen LogP contribution is -2.01. The van der Waals surface area contributed by atoms with Gasteiger partial charge in [0.2, 0.25) is 0 Å². The van der Waals surface area contributed by atoms with E-state index >= 15 is 0 Å². The van der Waals surface area contributed by atoms with Crippen molar-refractivity contribution in [1.82, 2.24) is 0 Å². The third-order valence-electron chi connectivity index (χ3n) is 2.12. The zero-order valence-electron chi connectivity index (χ0n) is 8.12. The van der Waals surface area contributed by atoms with E-state index in [9.17, 15) is 9.18 Å². The van der Waals surface area contributed by atoms with E-state index in [0.717, 1.165) is 6.07 Å². The van der Waals surface area contributed by atoms with Crippen LogP contribution >= 0.6 is 0 Å². The third-order valence-corrected chi connectivity index (χ3v) is 2.12. The number of hydrogen-bond acceptors (Lipinski definition) is 3. The summed E-state index contributed by atoms with van der Waals surface area (Å²) in [6.07, 6.45) is 0. The van der Waals surface area contributed by atoms with Crippen LogP contribution in [0.3, 0.4) is 0 Å². The van der Waals surface area contributed by atoms with Gasteiger partial charge in [0.15, 0.2) is 5.43 Å². The minimum Gasteiger partial charge on any atom is -0.497 e. The van der Waals surface area contributed by atoms with E-state index in [2.05, 4.69) is 0 Å². The molecule has 3 nitrogen and oxygen atoms in total. The molecule has 0 atom stereocenters. The van der Waals surface area contributed by atoms with Gasteiger partial charge in [0.1, 0.15) is 23.8 Å². The first-order chi connectivity index (χ1) is 7.24. The first-order valence-electron chi connectivity index (χ1n) is 4.41. The summed E-state index contributed by atoms with van der Waals surface area (Å²) in [6, 6.07) is 5.98. The summed E-state index contributed by atoms with van der Waals surface area (Å²) in [4.78, 5) is 11.5. The van der Waals surface area contributed by atoms with E-state index in [1.54, 1.807) is 18.2 Å². The van der Waals surface area contributed by atoms with E-state index in [4.69, 9.17) is 9.15 Å². The molecular weight excluding hydrogens is 199 g/mol. The second kappa shape index (κ2) is 3.73. The predicted octanol–water partition coefficient (Wildman–Crippen LogP) is 2.27. The fourth-order valence-corrected chi connectivity index (χ4v) is 1.38. The Morgan fingerprint density at radius 1 is 1.40 bits per heavy atom. The Morgan fingerprint density at radius 3 is 2.87 bits per heavy atom. The van der Waals surface area contributed by atoms with Crippen molar-refractivity contribution in [3.05, 3.63) is 40.2 Å². The molecule has 1 aromatic carbocycles. The molecule has 0 aliphatic heterocycles. The van der Waals surface area contributed by atoms with Crippen LogP contribution in [0.2, 0.25) is 0 Å². The van der Waals surface area contributed by atoms with E-state index < -0.39 is 6.67 Å². The standard InChI is InChI=1S/C11H9FO3/c1-14-7-2-3-11-9(4-7)10(13)5-8(6-12)15-11/h2-5H,6H2,1H3. The van der Waals surface area contributed by atoms with E-state index in [1.807, 2.05) is 0 Å². The molecule has 0 bridgehead atoms. The minimum absolute atomic E-state index is 0.0395. The van der Waals surface area contributed by atoms with Crippen LogP contribution in [-0.4, -0.2) is 7.11 Å². The van der Waals surface area contributed by atoms with E-state index in [-0.39, 0.29) is 11.2 Å². The molecular formula is C11H9FO3. The topological polar surface area (TPSA) is 39.4 Å². The smallest absolute Gasteiger partial charge is 0.193 e. The van der Waals surface area contributed by atoms with Crippen molar-refractivity contribution in [3.8, 4) is 5.75 Å². The molecule has 1 heterocycles. The second-order valence-corrected chi connectivity index (χ2v) is 3.07. The molecule has 0 aliphatic carbocycles. The number of halogens is 1. The average Bonchev–Trinajstić information content (AvgIpc) is 2.28. The molecule has 0 aliphatic rings. The number of methoxy groups -OCH3 is 1. The quantitative estimate of drug-likeness (QED) is 0.759. The van der Waals surface area contributed by atoms with Crippen molar-refractivity contribution in [3.63, 3.8) is 0 Å². The van der Waals surface area contributed by atoms with Crippen LogP contribution < -0.4 is 10.2 Å². The van der Waals surface area contributed by atoms with Gasteiger partial charge in [-0.1, -0.05) is 0 Å². The van der Waals surface area contributed by atoms with Crippen LogP contribution in [0.4, 0.5) is 4.39 Å². The molecule has 0 amide bonds. The summed E-state index contributed by atoms with van der Waals surface area (Å²) < 4.78 is 22.5. The van der Waals surface area contributed by atoms with Crippen LogP contribution in [-0.2, 0) is 6.67 Å². The zero-order valence-corrected chi connectivity index (χ0v) is 8.12. The fraction of sp³-hybridized carbons (Fsp3) is 0.182. The van der Waals surface area contributed by atoms with Gasteiger partial charge >= 0.3 is 0 Å². The van der Waals surface area contributed by atoms with Crippen LogP contribution in [0.5, 0.6) is 5.75 Å². The molecule has 0 radical (unpaired) electrons. The van der Waals surface area contributed by atoms with Crippen LogP contribution in [0.25, 0.3) is 11.0 Å². The van der Waals surface area contributed by atoms with E-state index in [1.165, 1.54) is 7.11 Å². The van der Waals surface area contributed by atoms with Gasteiger partial charge in [0.25, 0.3) is 0 Å². The lowest BCUT2D eigenvalue weighted by Gasteiger charge is -2.02. The largest absolute Gasteiger partial charge is 0.497 e. The fourth-order valence-electron chi connectivity index (χ4n) is 1.38. The van der Waals surface area contributed by atoms with Crippen molar-refractivity contribution in [2.24, 2.45) is 0 Å².